The van der Waals surface area contributed by atoms with Crippen molar-refractivity contribution in [2.24, 2.45) is 5.73 Å². The zero-order chi connectivity index (χ0) is 22.0. The van der Waals surface area contributed by atoms with Crippen molar-refractivity contribution < 1.29 is 66.4 Å². The number of thioether (sulfide) groups is 1. The standard InChI is InChI=1S/C20H31N2O6PS.2Li/c21-12-6-4-11-18(19(23)22-15-30-14-17(22)20(24)25)28-29(26,27)13-7-5-10-16-8-2-1-3-9-16;;/h1-3,8-9,17-18H,4-7,10-15,21H2,(H,24,25)(H,26,27);;/q;2*+1/p-2/t17-,18-;;/m0../s1. The van der Waals surface area contributed by atoms with Gasteiger partial charge in [0, 0.05) is 11.9 Å². The fourth-order valence-electron chi connectivity index (χ4n) is 3.26. The minimum atomic E-state index is -4.25. The Morgan fingerprint density at radius 3 is 2.50 bits per heavy atom. The van der Waals surface area contributed by atoms with E-state index in [1.54, 1.807) is 0 Å². The molecule has 8 nitrogen and oxygen atoms in total. The number of carbonyl (C=O) groups excluding carboxylic acids is 2. The van der Waals surface area contributed by atoms with Gasteiger partial charge in [-0.2, -0.15) is 0 Å². The van der Waals surface area contributed by atoms with Gasteiger partial charge in [-0.1, -0.05) is 30.3 Å². The van der Waals surface area contributed by atoms with Crippen LogP contribution in [0.4, 0.5) is 0 Å². The van der Waals surface area contributed by atoms with Crippen molar-refractivity contribution in [1.82, 2.24) is 4.90 Å². The number of hydrogen-bond acceptors (Lipinski definition) is 8. The first kappa shape index (κ1) is 31.8. The SMILES string of the molecule is NCCCC[C@H](OP(=O)([O-])CCCCc1ccccc1)C(=O)N1CSC[C@H]1C(=O)[O-].[Li+].[Li+]. The number of unbranched alkanes of at least 4 members (excludes halogenated alkanes) is 2. The Kier molecular flexibility index (Phi) is 16.3. The largest absolute Gasteiger partial charge is 1.00 e. The Balaban J connectivity index is 0.00000480. The summed E-state index contributed by atoms with van der Waals surface area (Å²) in [6, 6.07) is 8.70. The van der Waals surface area contributed by atoms with Crippen LogP contribution in [0.2, 0.25) is 0 Å². The first-order valence-corrected chi connectivity index (χ1v) is 13.0. The van der Waals surface area contributed by atoms with E-state index in [1.807, 2.05) is 30.3 Å². The molecule has 1 saturated heterocycles. The third-order valence-electron chi connectivity index (χ3n) is 4.91. The van der Waals surface area contributed by atoms with Crippen molar-refractivity contribution in [1.29, 1.82) is 0 Å². The van der Waals surface area contributed by atoms with Gasteiger partial charge in [0.05, 0.1) is 17.9 Å². The van der Waals surface area contributed by atoms with Gasteiger partial charge in [-0.15, -0.1) is 11.8 Å². The number of benzene rings is 1. The maximum Gasteiger partial charge on any atom is 1.00 e. The Bertz CT molecular complexity index is 746. The number of carbonyl (C=O) groups is 2. The van der Waals surface area contributed by atoms with Crippen LogP contribution in [0.15, 0.2) is 30.3 Å². The van der Waals surface area contributed by atoms with Crippen molar-refractivity contribution in [2.45, 2.75) is 50.7 Å². The molecule has 1 amide bonds. The number of carboxylic acid groups (broad SMARTS) is 1. The average molecular weight is 470 g/mol. The van der Waals surface area contributed by atoms with Crippen LogP contribution in [0.25, 0.3) is 0 Å². The molecule has 0 aliphatic carbocycles. The molecule has 32 heavy (non-hydrogen) atoms. The Labute approximate surface area is 218 Å². The normalized spacial score (nSPS) is 18.2. The summed E-state index contributed by atoms with van der Waals surface area (Å²) in [7, 11) is -4.25. The molecule has 1 aromatic rings. The van der Waals surface area contributed by atoms with Gasteiger partial charge in [0.15, 0.2) is 0 Å². The van der Waals surface area contributed by atoms with Crippen LogP contribution >= 0.6 is 19.4 Å². The van der Waals surface area contributed by atoms with Gasteiger partial charge in [-0.3, -0.25) is 4.79 Å². The summed E-state index contributed by atoms with van der Waals surface area (Å²) >= 11 is 1.29. The van der Waals surface area contributed by atoms with Crippen LogP contribution in [-0.4, -0.2) is 53.3 Å². The predicted molar refractivity (Wildman–Crippen MR) is 113 cm³/mol. The molecule has 12 heteroatoms. The minimum Gasteiger partial charge on any atom is -0.778 e. The number of nitrogens with two attached hydrogens (primary N) is 1. The summed E-state index contributed by atoms with van der Waals surface area (Å²) in [6.45, 7) is 0.413. The monoisotopic (exact) mass is 470 g/mol. The van der Waals surface area contributed by atoms with Crippen LogP contribution in [0.5, 0.6) is 0 Å². The molecule has 0 aromatic heterocycles. The van der Waals surface area contributed by atoms with Crippen LogP contribution in [0, 0.1) is 0 Å². The van der Waals surface area contributed by atoms with E-state index >= 15 is 0 Å². The van der Waals surface area contributed by atoms with Crippen molar-refractivity contribution in [3.05, 3.63) is 35.9 Å². The summed E-state index contributed by atoms with van der Waals surface area (Å²) in [5.41, 5.74) is 6.62. The number of rotatable bonds is 13. The number of amides is 1. The first-order chi connectivity index (χ1) is 14.3. The maximum absolute atomic E-state index is 12.9. The molecule has 0 saturated carbocycles. The second-order valence-corrected chi connectivity index (χ2v) is 10.2. The summed E-state index contributed by atoms with van der Waals surface area (Å²) in [5.74, 6) is -1.57. The molecule has 3 atom stereocenters. The van der Waals surface area contributed by atoms with E-state index in [9.17, 15) is 24.2 Å². The Hall–Kier alpha value is -0.185. The molecule has 0 bridgehead atoms. The topological polar surface area (TPSA) is 136 Å². The number of carboxylic acids is 1. The molecule has 168 valence electrons. The zero-order valence-electron chi connectivity index (χ0n) is 18.9. The number of aryl methyl sites for hydroxylation is 1. The van der Waals surface area contributed by atoms with E-state index in [4.69, 9.17) is 10.3 Å². The number of nitrogens with zero attached hydrogens (tertiary/aromatic N) is 1. The molecule has 2 rings (SSSR count). The second-order valence-electron chi connectivity index (χ2n) is 7.30. The zero-order valence-corrected chi connectivity index (χ0v) is 20.7. The molecule has 0 radical (unpaired) electrons. The molecule has 1 fully saturated rings. The fraction of sp³-hybridized carbons (Fsp3) is 0.600. The molecular weight excluding hydrogens is 441 g/mol. The summed E-state index contributed by atoms with van der Waals surface area (Å²) in [6.07, 6.45) is 1.77. The number of aliphatic carboxylic acids is 1. The smallest absolute Gasteiger partial charge is 0.778 e. The van der Waals surface area contributed by atoms with Gasteiger partial charge in [-0.25, -0.2) is 0 Å². The van der Waals surface area contributed by atoms with Gasteiger partial charge >= 0.3 is 37.7 Å². The van der Waals surface area contributed by atoms with Gasteiger partial charge in [0.1, 0.15) is 13.7 Å². The van der Waals surface area contributed by atoms with E-state index in [-0.39, 0.29) is 61.9 Å². The van der Waals surface area contributed by atoms with Crippen LogP contribution < -0.4 is 53.5 Å². The van der Waals surface area contributed by atoms with Crippen molar-refractivity contribution in [3.63, 3.8) is 0 Å². The van der Waals surface area contributed by atoms with E-state index < -0.39 is 31.6 Å². The quantitative estimate of drug-likeness (QED) is 0.172. The summed E-state index contributed by atoms with van der Waals surface area (Å²) in [5, 5.41) is 11.3. The van der Waals surface area contributed by atoms with Gasteiger partial charge in [0.25, 0.3) is 5.91 Å². The van der Waals surface area contributed by atoms with Crippen molar-refractivity contribution in [3.8, 4) is 0 Å². The molecule has 0 spiro atoms. The Morgan fingerprint density at radius 2 is 1.88 bits per heavy atom. The van der Waals surface area contributed by atoms with Crippen molar-refractivity contribution >= 4 is 31.2 Å². The summed E-state index contributed by atoms with van der Waals surface area (Å²) in [4.78, 5) is 37.8. The molecule has 2 N–H and O–H groups in total. The Morgan fingerprint density at radius 1 is 1.19 bits per heavy atom. The van der Waals surface area contributed by atoms with Gasteiger partial charge in [0.2, 0.25) is 0 Å². The van der Waals surface area contributed by atoms with Crippen molar-refractivity contribution in [2.75, 3.05) is 24.3 Å². The van der Waals surface area contributed by atoms with Crippen LogP contribution in [0.1, 0.15) is 37.7 Å². The fourth-order valence-corrected chi connectivity index (χ4v) is 5.71. The van der Waals surface area contributed by atoms with E-state index in [0.717, 1.165) is 16.9 Å². The van der Waals surface area contributed by atoms with Crippen LogP contribution in [-0.2, 0) is 25.1 Å². The molecular formula is C20H29Li2N2O6PS. The molecule has 1 aromatic carbocycles. The molecule has 1 heterocycles. The number of hydrogen-bond donors (Lipinski definition) is 1. The van der Waals surface area contributed by atoms with Crippen LogP contribution in [0.3, 0.4) is 0 Å². The maximum atomic E-state index is 12.9. The minimum absolute atomic E-state index is 0. The molecule has 1 aliphatic heterocycles. The predicted octanol–water partition coefficient (Wildman–Crippen LogP) is -5.26. The second kappa shape index (κ2) is 16.4. The average Bonchev–Trinajstić information content (AvgIpc) is 3.21. The van der Waals surface area contributed by atoms with E-state index in [1.165, 1.54) is 11.8 Å². The molecule has 1 unspecified atom stereocenters. The van der Waals surface area contributed by atoms with E-state index in [2.05, 4.69) is 0 Å². The van der Waals surface area contributed by atoms with E-state index in [0.29, 0.717) is 32.2 Å². The first-order valence-electron chi connectivity index (χ1n) is 10.2. The van der Waals surface area contributed by atoms with Gasteiger partial charge < -0.3 is 34.5 Å². The van der Waals surface area contributed by atoms with Gasteiger partial charge in [-0.05, 0) is 50.6 Å². The molecule has 1 aliphatic rings. The summed E-state index contributed by atoms with van der Waals surface area (Å²) < 4.78 is 17.8. The third kappa shape index (κ3) is 10.8. The third-order valence-corrected chi connectivity index (χ3v) is 7.36.